The van der Waals surface area contributed by atoms with Crippen LogP contribution in [0.1, 0.15) is 44.4 Å². The van der Waals surface area contributed by atoms with Crippen LogP contribution in [0.2, 0.25) is 0 Å². The largest absolute Gasteiger partial charge is 0.459 e. The van der Waals surface area contributed by atoms with Gasteiger partial charge in [0.25, 0.3) is 0 Å². The summed E-state index contributed by atoms with van der Waals surface area (Å²) < 4.78 is 36.8. The number of rotatable bonds is 9. The van der Waals surface area contributed by atoms with Gasteiger partial charge in [0.2, 0.25) is 0 Å². The van der Waals surface area contributed by atoms with Gasteiger partial charge in [0.1, 0.15) is 37.6 Å². The van der Waals surface area contributed by atoms with E-state index in [1.165, 1.54) is 0 Å². The zero-order chi connectivity index (χ0) is 28.7. The highest BCUT2D eigenvalue weighted by molar-refractivity contribution is 5.89. The first-order valence-corrected chi connectivity index (χ1v) is 13.8. The van der Waals surface area contributed by atoms with E-state index in [-0.39, 0.29) is 13.2 Å². The lowest BCUT2D eigenvalue weighted by Gasteiger charge is -2.25. The smallest absolute Gasteiger partial charge is 0.338 e. The Kier molecular flexibility index (Phi) is 8.67. The molecule has 2 saturated heterocycles. The minimum atomic E-state index is -0.719. The van der Waals surface area contributed by atoms with Crippen LogP contribution in [0, 0.1) is 0 Å². The number of benzene rings is 4. The van der Waals surface area contributed by atoms with E-state index in [4.69, 9.17) is 28.4 Å². The molecule has 0 N–H and O–H groups in total. The summed E-state index contributed by atoms with van der Waals surface area (Å²) in [6, 6.07) is 36.5. The van der Waals surface area contributed by atoms with Crippen LogP contribution >= 0.6 is 0 Å². The topological polar surface area (TPSA) is 89.5 Å². The van der Waals surface area contributed by atoms with Gasteiger partial charge in [-0.25, -0.2) is 9.59 Å². The van der Waals surface area contributed by atoms with Gasteiger partial charge in [-0.05, 0) is 24.3 Å². The summed E-state index contributed by atoms with van der Waals surface area (Å²) in [7, 11) is 0. The molecular weight excluding hydrogens is 536 g/mol. The fraction of sp³-hybridized carbons (Fsp3) is 0.235. The molecule has 0 radical (unpaired) electrons. The van der Waals surface area contributed by atoms with Gasteiger partial charge in [-0.2, -0.15) is 0 Å². The van der Waals surface area contributed by atoms with E-state index < -0.39 is 48.9 Å². The molecule has 4 aromatic carbocycles. The highest BCUT2D eigenvalue weighted by Gasteiger charge is 2.51. The number of hydrogen-bond donors (Lipinski definition) is 0. The average Bonchev–Trinajstić information content (AvgIpc) is 3.68. The highest BCUT2D eigenvalue weighted by Crippen LogP contribution is 2.41. The van der Waals surface area contributed by atoms with E-state index >= 15 is 0 Å². The fourth-order valence-corrected chi connectivity index (χ4v) is 5.01. The van der Waals surface area contributed by atoms with Gasteiger partial charge < -0.3 is 28.4 Å². The second kappa shape index (κ2) is 13.1. The van der Waals surface area contributed by atoms with Gasteiger partial charge >= 0.3 is 11.9 Å². The molecule has 2 heterocycles. The van der Waals surface area contributed by atoms with Crippen LogP contribution in [0.4, 0.5) is 0 Å². The molecule has 0 unspecified atom stereocenters. The van der Waals surface area contributed by atoms with Crippen LogP contribution in [-0.2, 0) is 28.4 Å². The molecule has 0 amide bonds. The quantitative estimate of drug-likeness (QED) is 0.240. The van der Waals surface area contributed by atoms with E-state index in [2.05, 4.69) is 0 Å². The summed E-state index contributed by atoms with van der Waals surface area (Å²) in [5, 5.41) is 0. The zero-order valence-electron chi connectivity index (χ0n) is 22.7. The lowest BCUT2D eigenvalue weighted by molar-refractivity contribution is -0.107. The summed E-state index contributed by atoms with van der Waals surface area (Å²) >= 11 is 0. The summed E-state index contributed by atoms with van der Waals surface area (Å²) in [4.78, 5) is 25.5. The lowest BCUT2D eigenvalue weighted by atomic mass is 10.0. The molecule has 4 aromatic rings. The summed E-state index contributed by atoms with van der Waals surface area (Å²) in [6.45, 7) is -0.151. The third kappa shape index (κ3) is 6.42. The Bertz CT molecular complexity index is 1340. The van der Waals surface area contributed by atoms with Crippen molar-refractivity contribution >= 4 is 11.9 Å². The Morgan fingerprint density at radius 2 is 0.810 bits per heavy atom. The maximum atomic E-state index is 12.8. The SMILES string of the molecule is O=C(OC[C@@H]1O[C@H](c2ccccc2)O[C@@H]1[C@@H]1O[C@@H](c2ccccc2)O[C@@H]1COC(=O)c1ccccc1)c1ccccc1. The normalized spacial score (nSPS) is 25.1. The maximum Gasteiger partial charge on any atom is 0.338 e. The Morgan fingerprint density at radius 1 is 0.476 bits per heavy atom. The monoisotopic (exact) mass is 566 g/mol. The molecule has 2 fully saturated rings. The predicted octanol–water partition coefficient (Wildman–Crippen LogP) is 5.67. The van der Waals surface area contributed by atoms with Crippen LogP contribution in [-0.4, -0.2) is 49.6 Å². The standard InChI is InChI=1S/C34H30O8/c35-31(23-13-5-1-6-14-23)37-21-27-29(41-33(39-27)25-17-9-3-10-18-25)30-28(22-38-32(36)24-15-7-2-8-16-24)40-34(42-30)26-19-11-4-12-20-26/h1-20,27-30,33-34H,21-22H2/t27-,28+,29-,30+,33-,34-/m0/s1. The second-order valence-electron chi connectivity index (χ2n) is 9.96. The number of carbonyl (C=O) groups excluding carboxylic acids is 2. The van der Waals surface area contributed by atoms with Gasteiger partial charge in [-0.15, -0.1) is 0 Å². The van der Waals surface area contributed by atoms with E-state index in [0.29, 0.717) is 11.1 Å². The molecule has 0 aliphatic carbocycles. The van der Waals surface area contributed by atoms with Gasteiger partial charge in [-0.1, -0.05) is 97.1 Å². The number of hydrogen-bond acceptors (Lipinski definition) is 8. The van der Waals surface area contributed by atoms with Crippen LogP contribution < -0.4 is 0 Å². The minimum Gasteiger partial charge on any atom is -0.459 e. The summed E-state index contributed by atoms with van der Waals surface area (Å²) in [5.41, 5.74) is 2.49. The first-order chi connectivity index (χ1) is 20.7. The Labute approximate surface area is 243 Å². The Hall–Kier alpha value is -4.34. The maximum absolute atomic E-state index is 12.8. The molecule has 42 heavy (non-hydrogen) atoms. The van der Waals surface area contributed by atoms with Gasteiger partial charge in [0.15, 0.2) is 12.6 Å². The number of ether oxygens (including phenoxy) is 6. The van der Waals surface area contributed by atoms with Crippen molar-refractivity contribution in [1.29, 1.82) is 0 Å². The number of esters is 2. The molecular formula is C34H30O8. The van der Waals surface area contributed by atoms with Gasteiger partial charge in [0.05, 0.1) is 11.1 Å². The molecule has 2 aliphatic rings. The van der Waals surface area contributed by atoms with E-state index in [1.807, 2.05) is 72.8 Å². The van der Waals surface area contributed by atoms with Crippen molar-refractivity contribution in [2.45, 2.75) is 37.0 Å². The van der Waals surface area contributed by atoms with Crippen molar-refractivity contribution in [3.05, 3.63) is 144 Å². The van der Waals surface area contributed by atoms with Gasteiger partial charge in [0, 0.05) is 11.1 Å². The Balaban J connectivity index is 1.23. The van der Waals surface area contributed by atoms with Crippen LogP contribution in [0.3, 0.4) is 0 Å². The van der Waals surface area contributed by atoms with Crippen LogP contribution in [0.5, 0.6) is 0 Å². The minimum absolute atomic E-state index is 0.0753. The van der Waals surface area contributed by atoms with Crippen molar-refractivity contribution in [3.63, 3.8) is 0 Å². The van der Waals surface area contributed by atoms with E-state index in [1.54, 1.807) is 48.5 Å². The molecule has 0 aromatic heterocycles. The first-order valence-electron chi connectivity index (χ1n) is 13.8. The fourth-order valence-electron chi connectivity index (χ4n) is 5.01. The molecule has 6 rings (SSSR count). The third-order valence-corrected chi connectivity index (χ3v) is 7.13. The lowest BCUT2D eigenvalue weighted by Crippen LogP contribution is -2.45. The summed E-state index contributed by atoms with van der Waals surface area (Å²) in [6.07, 6.45) is -4.20. The van der Waals surface area contributed by atoms with Crippen LogP contribution in [0.25, 0.3) is 0 Å². The van der Waals surface area contributed by atoms with Crippen molar-refractivity contribution in [2.75, 3.05) is 13.2 Å². The molecule has 8 heteroatoms. The average molecular weight is 567 g/mol. The zero-order valence-corrected chi connectivity index (χ0v) is 22.7. The molecule has 8 nitrogen and oxygen atoms in total. The highest BCUT2D eigenvalue weighted by atomic mass is 16.8. The summed E-state index contributed by atoms with van der Waals surface area (Å²) in [5.74, 6) is -0.944. The van der Waals surface area contributed by atoms with E-state index in [0.717, 1.165) is 11.1 Å². The third-order valence-electron chi connectivity index (χ3n) is 7.13. The Morgan fingerprint density at radius 3 is 1.17 bits per heavy atom. The molecule has 0 saturated carbocycles. The molecule has 214 valence electrons. The number of carbonyl (C=O) groups is 2. The van der Waals surface area contributed by atoms with E-state index in [9.17, 15) is 9.59 Å². The van der Waals surface area contributed by atoms with Crippen molar-refractivity contribution < 1.29 is 38.0 Å². The molecule has 2 aliphatic heterocycles. The first kappa shape index (κ1) is 27.8. The van der Waals surface area contributed by atoms with Crippen molar-refractivity contribution in [2.24, 2.45) is 0 Å². The molecule has 6 atom stereocenters. The predicted molar refractivity (Wildman–Crippen MR) is 151 cm³/mol. The molecule has 0 spiro atoms. The second-order valence-corrected chi connectivity index (χ2v) is 9.96. The van der Waals surface area contributed by atoms with Crippen molar-refractivity contribution in [1.82, 2.24) is 0 Å². The van der Waals surface area contributed by atoms with Crippen LogP contribution in [0.15, 0.2) is 121 Å². The van der Waals surface area contributed by atoms with Gasteiger partial charge in [-0.3, -0.25) is 0 Å². The van der Waals surface area contributed by atoms with Crippen molar-refractivity contribution in [3.8, 4) is 0 Å². The molecule has 0 bridgehead atoms.